The van der Waals surface area contributed by atoms with Crippen molar-refractivity contribution in [3.63, 3.8) is 0 Å². The van der Waals surface area contributed by atoms with Gasteiger partial charge in [0.1, 0.15) is 0 Å². The number of likely N-dealkylation sites (tertiary alicyclic amines) is 1. The second-order valence-corrected chi connectivity index (χ2v) is 6.18. The Kier molecular flexibility index (Phi) is 4.07. The van der Waals surface area contributed by atoms with Crippen molar-refractivity contribution in [1.29, 1.82) is 0 Å². The van der Waals surface area contributed by atoms with Gasteiger partial charge in [0.15, 0.2) is 0 Å². The highest BCUT2D eigenvalue weighted by atomic mass is 79.9. The van der Waals surface area contributed by atoms with E-state index in [4.69, 9.17) is 0 Å². The zero-order valence-electron chi connectivity index (χ0n) is 11.8. The van der Waals surface area contributed by atoms with Gasteiger partial charge in [0.2, 0.25) is 0 Å². The van der Waals surface area contributed by atoms with Crippen LogP contribution in [-0.2, 0) is 6.54 Å². The fraction of sp³-hybridized carbons (Fsp3) is 0.333. The Morgan fingerprint density at radius 2 is 2.10 bits per heavy atom. The molecule has 1 aromatic carbocycles. The lowest BCUT2D eigenvalue weighted by atomic mass is 10.1. The summed E-state index contributed by atoms with van der Waals surface area (Å²) in [4.78, 5) is 13.9. The van der Waals surface area contributed by atoms with Crippen LogP contribution < -0.4 is 5.32 Å². The molecule has 0 spiro atoms. The molecule has 6 heteroatoms. The zero-order valence-corrected chi connectivity index (χ0v) is 13.4. The van der Waals surface area contributed by atoms with Crippen LogP contribution in [0.15, 0.2) is 41.1 Å². The predicted molar refractivity (Wildman–Crippen MR) is 84.1 cm³/mol. The normalized spacial score (nSPS) is 15.7. The van der Waals surface area contributed by atoms with Gasteiger partial charge < -0.3 is 5.32 Å². The molecule has 5 nitrogen and oxygen atoms in total. The summed E-state index contributed by atoms with van der Waals surface area (Å²) in [6.07, 6.45) is 3.83. The van der Waals surface area contributed by atoms with Gasteiger partial charge >= 0.3 is 0 Å². The molecule has 21 heavy (non-hydrogen) atoms. The molecule has 0 radical (unpaired) electrons. The van der Waals surface area contributed by atoms with Gasteiger partial charge in [-0.1, -0.05) is 12.1 Å². The van der Waals surface area contributed by atoms with Crippen molar-refractivity contribution in [2.75, 3.05) is 20.1 Å². The quantitative estimate of drug-likeness (QED) is 0.919. The third-order valence-electron chi connectivity index (χ3n) is 3.73. The second kappa shape index (κ2) is 5.99. The molecule has 0 unspecified atom stereocenters. The Balaban J connectivity index is 1.53. The summed E-state index contributed by atoms with van der Waals surface area (Å²) in [6, 6.07) is 8.23. The standard InChI is InChI=1S/C15H17BrN4O/c1-17-15(21)12-4-2-11(3-5-12)7-19-9-14(10-19)20-8-13(16)6-18-20/h2-6,8,14H,7,9-10H2,1H3,(H,17,21). The van der Waals surface area contributed by atoms with Crippen LogP contribution in [0.3, 0.4) is 0 Å². The topological polar surface area (TPSA) is 50.2 Å². The molecule has 0 bridgehead atoms. The molecule has 1 saturated heterocycles. The first-order valence-corrected chi connectivity index (χ1v) is 7.68. The molecule has 1 aromatic heterocycles. The fourth-order valence-corrected chi connectivity index (χ4v) is 2.82. The highest BCUT2D eigenvalue weighted by molar-refractivity contribution is 9.10. The average Bonchev–Trinajstić information content (AvgIpc) is 2.88. The van der Waals surface area contributed by atoms with Crippen molar-refractivity contribution in [1.82, 2.24) is 20.0 Å². The minimum absolute atomic E-state index is 0.0465. The molecule has 1 N–H and O–H groups in total. The van der Waals surface area contributed by atoms with Crippen molar-refractivity contribution in [2.24, 2.45) is 0 Å². The van der Waals surface area contributed by atoms with E-state index in [0.717, 1.165) is 24.1 Å². The van der Waals surface area contributed by atoms with Crippen LogP contribution in [0, 0.1) is 0 Å². The van der Waals surface area contributed by atoms with E-state index in [1.165, 1.54) is 5.56 Å². The molecule has 3 rings (SSSR count). The summed E-state index contributed by atoms with van der Waals surface area (Å²) >= 11 is 3.42. The molecule has 1 fully saturated rings. The highest BCUT2D eigenvalue weighted by Gasteiger charge is 2.28. The lowest BCUT2D eigenvalue weighted by molar-refractivity contribution is 0.0908. The maximum atomic E-state index is 11.5. The molecule has 2 aromatic rings. The van der Waals surface area contributed by atoms with Crippen LogP contribution in [0.4, 0.5) is 0 Å². The van der Waals surface area contributed by atoms with Gasteiger partial charge in [-0.25, -0.2) is 0 Å². The van der Waals surface area contributed by atoms with Crippen LogP contribution in [0.25, 0.3) is 0 Å². The second-order valence-electron chi connectivity index (χ2n) is 5.26. The third kappa shape index (κ3) is 3.16. The van der Waals surface area contributed by atoms with E-state index in [1.54, 1.807) is 7.05 Å². The van der Waals surface area contributed by atoms with E-state index in [1.807, 2.05) is 41.3 Å². The van der Waals surface area contributed by atoms with Crippen LogP contribution >= 0.6 is 15.9 Å². The van der Waals surface area contributed by atoms with Gasteiger partial charge in [0.05, 0.1) is 16.7 Å². The number of nitrogens with one attached hydrogen (secondary N) is 1. The number of benzene rings is 1. The highest BCUT2D eigenvalue weighted by Crippen LogP contribution is 2.24. The molecular weight excluding hydrogens is 332 g/mol. The van der Waals surface area contributed by atoms with E-state index in [9.17, 15) is 4.79 Å². The number of aromatic nitrogens is 2. The Labute approximate surface area is 132 Å². The van der Waals surface area contributed by atoms with Gasteiger partial charge in [-0.2, -0.15) is 5.10 Å². The van der Waals surface area contributed by atoms with Gasteiger partial charge in [-0.3, -0.25) is 14.4 Å². The van der Waals surface area contributed by atoms with Crippen molar-refractivity contribution in [3.05, 3.63) is 52.3 Å². The van der Waals surface area contributed by atoms with Crippen LogP contribution in [0.5, 0.6) is 0 Å². The van der Waals surface area contributed by atoms with Crippen molar-refractivity contribution in [2.45, 2.75) is 12.6 Å². The van der Waals surface area contributed by atoms with E-state index in [0.29, 0.717) is 11.6 Å². The van der Waals surface area contributed by atoms with Gasteiger partial charge in [-0.05, 0) is 33.6 Å². The summed E-state index contributed by atoms with van der Waals surface area (Å²) in [5, 5.41) is 6.95. The number of carbonyl (C=O) groups excluding carboxylic acids is 1. The molecule has 0 saturated carbocycles. The van der Waals surface area contributed by atoms with Crippen LogP contribution in [0.1, 0.15) is 22.0 Å². The number of halogens is 1. The SMILES string of the molecule is CNC(=O)c1ccc(CN2CC(n3cc(Br)cn3)C2)cc1. The monoisotopic (exact) mass is 348 g/mol. The number of rotatable bonds is 4. The lowest BCUT2D eigenvalue weighted by Crippen LogP contribution is -2.47. The van der Waals surface area contributed by atoms with Crippen molar-refractivity contribution >= 4 is 21.8 Å². The zero-order chi connectivity index (χ0) is 14.8. The Bertz CT molecular complexity index is 631. The molecule has 0 aliphatic carbocycles. The Hall–Kier alpha value is -1.66. The molecular formula is C15H17BrN4O. The van der Waals surface area contributed by atoms with Crippen molar-refractivity contribution in [3.8, 4) is 0 Å². The van der Waals surface area contributed by atoms with Gasteiger partial charge in [0, 0.05) is 38.4 Å². The Morgan fingerprint density at radius 3 is 2.67 bits per heavy atom. The maximum absolute atomic E-state index is 11.5. The first-order valence-electron chi connectivity index (χ1n) is 6.89. The minimum Gasteiger partial charge on any atom is -0.355 e. The fourth-order valence-electron chi connectivity index (χ4n) is 2.52. The van der Waals surface area contributed by atoms with E-state index >= 15 is 0 Å². The number of nitrogens with zero attached hydrogens (tertiary/aromatic N) is 3. The number of hydrogen-bond donors (Lipinski definition) is 1. The number of hydrogen-bond acceptors (Lipinski definition) is 3. The van der Waals surface area contributed by atoms with Gasteiger partial charge in [-0.15, -0.1) is 0 Å². The summed E-state index contributed by atoms with van der Waals surface area (Å²) in [5.74, 6) is -0.0465. The van der Waals surface area contributed by atoms with E-state index in [2.05, 4.69) is 31.2 Å². The number of amides is 1. The largest absolute Gasteiger partial charge is 0.355 e. The number of carbonyl (C=O) groups is 1. The smallest absolute Gasteiger partial charge is 0.251 e. The van der Waals surface area contributed by atoms with Crippen molar-refractivity contribution < 1.29 is 4.79 Å². The summed E-state index contributed by atoms with van der Waals surface area (Å²) in [6.45, 7) is 2.92. The molecule has 1 amide bonds. The molecule has 110 valence electrons. The van der Waals surface area contributed by atoms with Crippen LogP contribution in [-0.4, -0.2) is 40.7 Å². The summed E-state index contributed by atoms with van der Waals surface area (Å²) in [7, 11) is 1.64. The summed E-state index contributed by atoms with van der Waals surface area (Å²) in [5.41, 5.74) is 1.92. The van der Waals surface area contributed by atoms with E-state index in [-0.39, 0.29) is 5.91 Å². The van der Waals surface area contributed by atoms with Crippen LogP contribution in [0.2, 0.25) is 0 Å². The molecule has 0 atom stereocenters. The lowest BCUT2D eigenvalue weighted by Gasteiger charge is -2.39. The maximum Gasteiger partial charge on any atom is 0.251 e. The predicted octanol–water partition coefficient (Wildman–Crippen LogP) is 2.06. The average molecular weight is 349 g/mol. The Morgan fingerprint density at radius 1 is 1.38 bits per heavy atom. The first-order chi connectivity index (χ1) is 10.2. The minimum atomic E-state index is -0.0465. The first kappa shape index (κ1) is 14.3. The molecule has 1 aliphatic rings. The van der Waals surface area contributed by atoms with E-state index < -0.39 is 0 Å². The third-order valence-corrected chi connectivity index (χ3v) is 4.14. The summed E-state index contributed by atoms with van der Waals surface area (Å²) < 4.78 is 3.03. The molecule has 2 heterocycles. The molecule has 1 aliphatic heterocycles. The van der Waals surface area contributed by atoms with Gasteiger partial charge in [0.25, 0.3) is 5.91 Å².